The minimum absolute atomic E-state index is 0.0416. The van der Waals surface area contributed by atoms with Crippen molar-refractivity contribution in [2.45, 2.75) is 39.3 Å². The van der Waals surface area contributed by atoms with Crippen molar-refractivity contribution < 1.29 is 8.42 Å². The molecule has 1 aromatic carbocycles. The molecule has 3 aromatic heterocycles. The van der Waals surface area contributed by atoms with Gasteiger partial charge in [-0.05, 0) is 36.8 Å². The van der Waals surface area contributed by atoms with Gasteiger partial charge in [0, 0.05) is 68.9 Å². The average molecular weight is 499 g/mol. The molecule has 1 aliphatic rings. The van der Waals surface area contributed by atoms with Gasteiger partial charge in [-0.25, -0.2) is 4.79 Å². The van der Waals surface area contributed by atoms with Crippen LogP contribution in [0.3, 0.4) is 0 Å². The van der Waals surface area contributed by atoms with E-state index in [4.69, 9.17) is 0 Å². The number of aryl methyl sites for hydroxylation is 1. The minimum Gasteiger partial charge on any atom is -0.289 e. The van der Waals surface area contributed by atoms with E-state index < -0.39 is 21.6 Å². The van der Waals surface area contributed by atoms with Crippen LogP contribution in [0.15, 0.2) is 53.7 Å². The van der Waals surface area contributed by atoms with Gasteiger partial charge >= 0.3 is 5.69 Å². The number of hydrogen-bond acceptors (Lipinski definition) is 5. The number of imidazole rings is 1. The topological polar surface area (TPSA) is 86.9 Å². The third kappa shape index (κ3) is 5.05. The number of hydrogen-bond donors (Lipinski definition) is 0. The summed E-state index contributed by atoms with van der Waals surface area (Å²) in [6, 6.07) is 10.1. The molecule has 1 unspecified atom stereocenters. The summed E-state index contributed by atoms with van der Waals surface area (Å²) in [6.07, 6.45) is 8.58. The highest BCUT2D eigenvalue weighted by atomic mass is 32.2. The number of benzene rings is 1. The van der Waals surface area contributed by atoms with Gasteiger partial charge in [-0.2, -0.15) is 0 Å². The van der Waals surface area contributed by atoms with Crippen molar-refractivity contribution in [3.63, 3.8) is 0 Å². The van der Waals surface area contributed by atoms with Gasteiger partial charge in [0.05, 0.1) is 29.5 Å². The Labute approximate surface area is 204 Å². The first kappa shape index (κ1) is 24.5. The lowest BCUT2D eigenvalue weighted by Gasteiger charge is -2.22. The highest BCUT2D eigenvalue weighted by Crippen LogP contribution is 2.26. The van der Waals surface area contributed by atoms with Gasteiger partial charge in [0.15, 0.2) is 0 Å². The van der Waals surface area contributed by atoms with Gasteiger partial charge in [0.2, 0.25) is 0 Å². The van der Waals surface area contributed by atoms with Gasteiger partial charge in [-0.15, -0.1) is 0 Å². The summed E-state index contributed by atoms with van der Waals surface area (Å²) >= 11 is 0. The third-order valence-corrected chi connectivity index (χ3v) is 8.55. The SMILES string of the molecule is CCS(C)=O.Cc1c(Cn2c(=O)n(C3CCS(=O)CC3)c3ccncc32)ncc2ccccc12. The zero-order chi connectivity index (χ0) is 24.2. The summed E-state index contributed by atoms with van der Waals surface area (Å²) in [5.41, 5.74) is 3.64. The van der Waals surface area contributed by atoms with Crippen LogP contribution in [-0.2, 0) is 28.1 Å². The molecule has 180 valence electrons. The summed E-state index contributed by atoms with van der Waals surface area (Å²) in [5, 5.41) is 2.25. The standard InChI is InChI=1S/C22H22N4O2S.C3H8OS/c1-15-18-5-3-2-4-16(18)12-24-19(15)14-25-21-13-23-9-6-20(21)26(22(25)27)17-7-10-29(28)11-8-17;1-3-5(2)4/h2-6,9,12-13,17H,7-8,10-11,14H2,1H3;3H2,1-2H3. The molecule has 4 heterocycles. The van der Waals surface area contributed by atoms with Gasteiger partial charge in [-0.3, -0.25) is 27.5 Å². The molecule has 0 saturated carbocycles. The Kier molecular flexibility index (Phi) is 7.73. The second-order valence-electron chi connectivity index (χ2n) is 8.46. The monoisotopic (exact) mass is 498 g/mol. The van der Waals surface area contributed by atoms with Gasteiger partial charge in [0.25, 0.3) is 0 Å². The third-order valence-electron chi connectivity index (χ3n) is 6.36. The largest absolute Gasteiger partial charge is 0.329 e. The Balaban J connectivity index is 0.000000499. The van der Waals surface area contributed by atoms with Crippen molar-refractivity contribution >= 4 is 43.4 Å². The average Bonchev–Trinajstić information content (AvgIpc) is 3.13. The maximum atomic E-state index is 13.4. The smallest absolute Gasteiger partial charge is 0.289 e. The Morgan fingerprint density at radius 2 is 1.82 bits per heavy atom. The van der Waals surface area contributed by atoms with Crippen LogP contribution in [0.4, 0.5) is 0 Å². The number of pyridine rings is 2. The summed E-state index contributed by atoms with van der Waals surface area (Å²) < 4.78 is 25.4. The lowest BCUT2D eigenvalue weighted by atomic mass is 10.1. The minimum atomic E-state index is -0.761. The van der Waals surface area contributed by atoms with Crippen LogP contribution in [0.1, 0.15) is 37.1 Å². The summed E-state index contributed by atoms with van der Waals surface area (Å²) in [4.78, 5) is 22.4. The van der Waals surface area contributed by atoms with Crippen molar-refractivity contribution in [2.24, 2.45) is 0 Å². The maximum absolute atomic E-state index is 13.4. The molecule has 1 atom stereocenters. The van der Waals surface area contributed by atoms with E-state index in [9.17, 15) is 13.2 Å². The normalized spacial score (nSPS) is 19.0. The first-order valence-corrected chi connectivity index (χ1v) is 14.6. The molecule has 0 N–H and O–H groups in total. The van der Waals surface area contributed by atoms with E-state index in [0.717, 1.165) is 51.7 Å². The lowest BCUT2D eigenvalue weighted by Crippen LogP contribution is -2.31. The highest BCUT2D eigenvalue weighted by molar-refractivity contribution is 7.85. The Hall–Kier alpha value is -2.65. The Bertz CT molecular complexity index is 1420. The van der Waals surface area contributed by atoms with E-state index in [1.54, 1.807) is 23.2 Å². The fraction of sp³-hybridized carbons (Fsp3) is 0.400. The van der Waals surface area contributed by atoms with Crippen LogP contribution < -0.4 is 5.69 Å². The summed E-state index contributed by atoms with van der Waals surface area (Å²) in [5.74, 6) is 2.08. The highest BCUT2D eigenvalue weighted by Gasteiger charge is 2.25. The molecule has 9 heteroatoms. The number of nitrogens with zero attached hydrogens (tertiary/aromatic N) is 4. The van der Waals surface area contributed by atoms with Crippen LogP contribution >= 0.6 is 0 Å². The molecular weight excluding hydrogens is 468 g/mol. The second-order valence-corrected chi connectivity index (χ2v) is 11.9. The van der Waals surface area contributed by atoms with E-state index in [1.165, 1.54) is 0 Å². The maximum Gasteiger partial charge on any atom is 0.329 e. The van der Waals surface area contributed by atoms with Gasteiger partial charge in [0.1, 0.15) is 0 Å². The van der Waals surface area contributed by atoms with E-state index in [2.05, 4.69) is 23.0 Å². The lowest BCUT2D eigenvalue weighted by molar-refractivity contribution is 0.454. The van der Waals surface area contributed by atoms with Crippen LogP contribution in [0, 0.1) is 6.92 Å². The molecule has 5 rings (SSSR count). The molecule has 0 spiro atoms. The molecule has 0 amide bonds. The van der Waals surface area contributed by atoms with Crippen molar-refractivity contribution in [2.75, 3.05) is 23.5 Å². The zero-order valence-electron chi connectivity index (χ0n) is 19.8. The van der Waals surface area contributed by atoms with Gasteiger partial charge in [-0.1, -0.05) is 31.2 Å². The zero-order valence-corrected chi connectivity index (χ0v) is 21.4. The molecule has 1 aliphatic heterocycles. The van der Waals surface area contributed by atoms with Crippen LogP contribution in [0.2, 0.25) is 0 Å². The quantitative estimate of drug-likeness (QED) is 0.429. The predicted molar refractivity (Wildman–Crippen MR) is 140 cm³/mol. The first-order valence-electron chi connectivity index (χ1n) is 11.4. The molecule has 1 saturated heterocycles. The van der Waals surface area contributed by atoms with E-state index in [0.29, 0.717) is 18.1 Å². The summed E-state index contributed by atoms with van der Waals surface area (Å²) in [6.45, 7) is 4.36. The number of rotatable bonds is 4. The first-order chi connectivity index (χ1) is 16.4. The molecule has 7 nitrogen and oxygen atoms in total. The Morgan fingerprint density at radius 1 is 1.12 bits per heavy atom. The van der Waals surface area contributed by atoms with Crippen molar-refractivity contribution in [1.29, 1.82) is 0 Å². The molecule has 0 bridgehead atoms. The summed E-state index contributed by atoms with van der Waals surface area (Å²) in [7, 11) is -1.33. The van der Waals surface area contributed by atoms with Crippen LogP contribution in [-0.4, -0.2) is 51.0 Å². The van der Waals surface area contributed by atoms with Crippen molar-refractivity contribution in [3.05, 3.63) is 70.7 Å². The fourth-order valence-electron chi connectivity index (χ4n) is 4.33. The number of aromatic nitrogens is 4. The van der Waals surface area contributed by atoms with Crippen LogP contribution in [0.25, 0.3) is 21.8 Å². The van der Waals surface area contributed by atoms with Crippen molar-refractivity contribution in [3.8, 4) is 0 Å². The molecule has 0 aliphatic carbocycles. The van der Waals surface area contributed by atoms with Crippen molar-refractivity contribution in [1.82, 2.24) is 19.1 Å². The van der Waals surface area contributed by atoms with E-state index in [1.807, 2.05) is 42.0 Å². The van der Waals surface area contributed by atoms with E-state index in [-0.39, 0.29) is 11.7 Å². The van der Waals surface area contributed by atoms with E-state index >= 15 is 0 Å². The second kappa shape index (κ2) is 10.7. The molecule has 4 aromatic rings. The predicted octanol–water partition coefficient (Wildman–Crippen LogP) is 3.57. The Morgan fingerprint density at radius 3 is 2.53 bits per heavy atom. The number of fused-ring (bicyclic) bond motifs is 2. The van der Waals surface area contributed by atoms with Gasteiger partial charge < -0.3 is 0 Å². The molecule has 1 fully saturated rings. The van der Waals surface area contributed by atoms with Crippen LogP contribution in [0.5, 0.6) is 0 Å². The molecule has 34 heavy (non-hydrogen) atoms. The molecule has 0 radical (unpaired) electrons. The fourth-order valence-corrected chi connectivity index (χ4v) is 5.61. The molecular formula is C25H30N4O3S2.